The number of benzene rings is 2. The summed E-state index contributed by atoms with van der Waals surface area (Å²) in [6.45, 7) is 15.0. The van der Waals surface area contributed by atoms with E-state index in [4.69, 9.17) is 10.5 Å². The van der Waals surface area contributed by atoms with Gasteiger partial charge < -0.3 is 20.3 Å². The van der Waals surface area contributed by atoms with E-state index in [0.717, 1.165) is 5.56 Å². The Kier molecular flexibility index (Phi) is 11.4. The minimum atomic E-state index is -4.19. The van der Waals surface area contributed by atoms with Crippen LogP contribution < -0.4 is 10.5 Å². The van der Waals surface area contributed by atoms with E-state index in [9.17, 15) is 22.8 Å². The Labute approximate surface area is 256 Å². The van der Waals surface area contributed by atoms with Gasteiger partial charge in [-0.3, -0.25) is 9.59 Å². The van der Waals surface area contributed by atoms with Crippen LogP contribution in [0.5, 0.6) is 0 Å². The SMILES string of the molecule is CCOC(=O)N1CCN(C(=O)C(Cc2cccc(C(N)=O)c2)NS(=O)(=O)c2c(C(C)C)cc(C(C)C)cc2C(C)C)CC1. The lowest BCUT2D eigenvalue weighted by Crippen LogP contribution is -2.56. The molecule has 1 aliphatic heterocycles. The third kappa shape index (κ3) is 8.35. The van der Waals surface area contributed by atoms with Crippen molar-refractivity contribution in [3.63, 3.8) is 0 Å². The number of nitrogens with one attached hydrogen (secondary N) is 1. The lowest BCUT2D eigenvalue weighted by Gasteiger charge is -2.36. The van der Waals surface area contributed by atoms with Gasteiger partial charge in [-0.1, -0.05) is 65.8 Å². The number of piperazine rings is 1. The predicted molar refractivity (Wildman–Crippen MR) is 167 cm³/mol. The Morgan fingerprint density at radius 2 is 1.44 bits per heavy atom. The topological polar surface area (TPSA) is 139 Å². The number of sulfonamides is 1. The Bertz CT molecular complexity index is 1400. The molecule has 1 fully saturated rings. The van der Waals surface area contributed by atoms with Crippen molar-refractivity contribution in [1.82, 2.24) is 14.5 Å². The van der Waals surface area contributed by atoms with Crippen molar-refractivity contribution < 1.29 is 27.5 Å². The van der Waals surface area contributed by atoms with Gasteiger partial charge in [-0.15, -0.1) is 0 Å². The van der Waals surface area contributed by atoms with Gasteiger partial charge in [0.1, 0.15) is 6.04 Å². The van der Waals surface area contributed by atoms with E-state index in [0.29, 0.717) is 16.7 Å². The van der Waals surface area contributed by atoms with Crippen LogP contribution in [0.15, 0.2) is 41.3 Å². The molecule has 1 heterocycles. The van der Waals surface area contributed by atoms with E-state index in [-0.39, 0.29) is 67.4 Å². The van der Waals surface area contributed by atoms with E-state index in [1.165, 1.54) is 4.90 Å². The maximum Gasteiger partial charge on any atom is 0.409 e. The molecule has 10 nitrogen and oxygen atoms in total. The highest BCUT2D eigenvalue weighted by molar-refractivity contribution is 7.89. The van der Waals surface area contributed by atoms with Crippen LogP contribution in [-0.4, -0.2) is 75.0 Å². The van der Waals surface area contributed by atoms with E-state index in [2.05, 4.69) is 18.6 Å². The van der Waals surface area contributed by atoms with Gasteiger partial charge >= 0.3 is 6.09 Å². The molecular weight excluding hydrogens is 568 g/mol. The van der Waals surface area contributed by atoms with Crippen LogP contribution in [0, 0.1) is 0 Å². The second-order valence-corrected chi connectivity index (χ2v) is 13.6. The maximum atomic E-state index is 14.3. The number of primary amides is 1. The molecule has 0 aromatic heterocycles. The second-order valence-electron chi connectivity index (χ2n) is 11.9. The molecule has 1 unspecified atom stereocenters. The molecular formula is C32H46N4O6S. The summed E-state index contributed by atoms with van der Waals surface area (Å²) < 4.78 is 36.5. The van der Waals surface area contributed by atoms with Gasteiger partial charge in [0.05, 0.1) is 11.5 Å². The molecule has 0 bridgehead atoms. The molecule has 2 aromatic carbocycles. The molecule has 2 aromatic rings. The Hall–Kier alpha value is -3.44. The fourth-order valence-electron chi connectivity index (χ4n) is 5.26. The zero-order chi connectivity index (χ0) is 32.1. The quantitative estimate of drug-likeness (QED) is 0.386. The first kappa shape index (κ1) is 34.1. The van der Waals surface area contributed by atoms with Gasteiger partial charge in [-0.05, 0) is 65.5 Å². The molecule has 43 heavy (non-hydrogen) atoms. The van der Waals surface area contributed by atoms with Crippen molar-refractivity contribution in [3.8, 4) is 0 Å². The predicted octanol–water partition coefficient (Wildman–Crippen LogP) is 4.35. The number of ether oxygens (including phenoxy) is 1. The molecule has 0 spiro atoms. The normalized spacial score (nSPS) is 14.8. The highest BCUT2D eigenvalue weighted by atomic mass is 32.2. The van der Waals surface area contributed by atoms with Crippen molar-refractivity contribution >= 4 is 27.9 Å². The average Bonchev–Trinajstić information content (AvgIpc) is 2.95. The van der Waals surface area contributed by atoms with E-state index in [1.54, 1.807) is 36.1 Å². The van der Waals surface area contributed by atoms with Gasteiger partial charge in [-0.2, -0.15) is 4.72 Å². The fourth-order valence-corrected chi connectivity index (χ4v) is 7.14. The summed E-state index contributed by atoms with van der Waals surface area (Å²) in [6, 6.07) is 9.29. The van der Waals surface area contributed by atoms with Crippen molar-refractivity contribution in [1.29, 1.82) is 0 Å². The summed E-state index contributed by atoms with van der Waals surface area (Å²) in [6.07, 6.45) is -0.433. The minimum Gasteiger partial charge on any atom is -0.450 e. The molecule has 0 aliphatic carbocycles. The number of hydrogen-bond acceptors (Lipinski definition) is 6. The lowest BCUT2D eigenvalue weighted by molar-refractivity contribution is -0.134. The highest BCUT2D eigenvalue weighted by Gasteiger charge is 2.35. The Balaban J connectivity index is 2.04. The zero-order valence-corrected chi connectivity index (χ0v) is 27.2. The molecule has 1 saturated heterocycles. The molecule has 0 saturated carbocycles. The third-order valence-electron chi connectivity index (χ3n) is 7.71. The number of rotatable bonds is 11. The maximum absolute atomic E-state index is 14.3. The summed E-state index contributed by atoms with van der Waals surface area (Å²) in [5.41, 5.74) is 8.80. The number of carbonyl (C=O) groups excluding carboxylic acids is 3. The van der Waals surface area contributed by atoms with Crippen molar-refractivity contribution in [2.45, 2.75) is 83.6 Å². The Morgan fingerprint density at radius 1 is 0.884 bits per heavy atom. The summed E-state index contributed by atoms with van der Waals surface area (Å²) in [5, 5.41) is 0. The van der Waals surface area contributed by atoms with Gasteiger partial charge in [0.15, 0.2) is 0 Å². The number of nitrogens with zero attached hydrogens (tertiary/aromatic N) is 2. The largest absolute Gasteiger partial charge is 0.450 e. The first-order chi connectivity index (χ1) is 20.2. The monoisotopic (exact) mass is 614 g/mol. The molecule has 1 atom stereocenters. The van der Waals surface area contributed by atoms with Crippen LogP contribution >= 0.6 is 0 Å². The van der Waals surface area contributed by atoms with Gasteiger partial charge in [0.25, 0.3) is 0 Å². The minimum absolute atomic E-state index is 0.00930. The van der Waals surface area contributed by atoms with Crippen molar-refractivity contribution in [3.05, 3.63) is 64.2 Å². The van der Waals surface area contributed by atoms with Crippen LogP contribution in [0.4, 0.5) is 4.79 Å². The smallest absolute Gasteiger partial charge is 0.409 e. The average molecular weight is 615 g/mol. The number of amides is 3. The molecule has 0 radical (unpaired) electrons. The molecule has 236 valence electrons. The number of hydrogen-bond donors (Lipinski definition) is 2. The van der Waals surface area contributed by atoms with Gasteiger partial charge in [-0.25, -0.2) is 13.2 Å². The van der Waals surface area contributed by atoms with Gasteiger partial charge in [0.2, 0.25) is 21.8 Å². The second kappa shape index (κ2) is 14.4. The first-order valence-corrected chi connectivity index (χ1v) is 16.4. The third-order valence-corrected chi connectivity index (χ3v) is 9.32. The van der Waals surface area contributed by atoms with Gasteiger partial charge in [0, 0.05) is 31.7 Å². The molecule has 3 amide bonds. The van der Waals surface area contributed by atoms with E-state index < -0.39 is 34.0 Å². The first-order valence-electron chi connectivity index (χ1n) is 15.0. The molecule has 3 rings (SSSR count). The lowest BCUT2D eigenvalue weighted by atomic mass is 9.89. The standard InChI is InChI=1S/C32H46N4O6S/c1-8-42-32(39)36-14-12-35(13-15-36)31(38)28(17-23-10-9-11-24(16-23)30(33)37)34-43(40,41)29-26(21(4)5)18-25(20(2)3)19-27(29)22(6)7/h9-11,16,18-22,28,34H,8,12-15,17H2,1-7H3,(H2,33,37). The highest BCUT2D eigenvalue weighted by Crippen LogP contribution is 2.35. The van der Waals surface area contributed by atoms with Crippen LogP contribution in [0.1, 0.15) is 98.8 Å². The van der Waals surface area contributed by atoms with Crippen LogP contribution in [-0.2, 0) is 26.0 Å². The van der Waals surface area contributed by atoms with Crippen LogP contribution in [0.3, 0.4) is 0 Å². The van der Waals surface area contributed by atoms with Crippen molar-refractivity contribution in [2.24, 2.45) is 5.73 Å². The van der Waals surface area contributed by atoms with Crippen molar-refractivity contribution in [2.75, 3.05) is 32.8 Å². The Morgan fingerprint density at radius 3 is 1.93 bits per heavy atom. The zero-order valence-electron chi connectivity index (χ0n) is 26.3. The number of carbonyl (C=O) groups is 3. The molecule has 11 heteroatoms. The molecule has 1 aliphatic rings. The van der Waals surface area contributed by atoms with Crippen LogP contribution in [0.2, 0.25) is 0 Å². The fraction of sp³-hybridized carbons (Fsp3) is 0.531. The van der Waals surface area contributed by atoms with E-state index >= 15 is 0 Å². The summed E-state index contributed by atoms with van der Waals surface area (Å²) in [7, 11) is -4.19. The summed E-state index contributed by atoms with van der Waals surface area (Å²) >= 11 is 0. The summed E-state index contributed by atoms with van der Waals surface area (Å²) in [5.74, 6) is -0.985. The number of nitrogens with two attached hydrogens (primary N) is 1. The van der Waals surface area contributed by atoms with E-state index in [1.807, 2.05) is 39.8 Å². The summed E-state index contributed by atoms with van der Waals surface area (Å²) in [4.78, 5) is 41.3. The molecule has 3 N–H and O–H groups in total. The van der Waals surface area contributed by atoms with Crippen LogP contribution in [0.25, 0.3) is 0 Å².